The molecule has 2 heterocycles. The molecule has 3 rings (SSSR count). The molecule has 0 bridgehead atoms. The quantitative estimate of drug-likeness (QED) is 0.645. The number of aryl methyl sites for hydroxylation is 1. The summed E-state index contributed by atoms with van der Waals surface area (Å²) in [6, 6.07) is 8.68. The number of nitrogens with one attached hydrogen (secondary N) is 3. The van der Waals surface area contributed by atoms with Gasteiger partial charge in [0.2, 0.25) is 11.9 Å². The lowest BCUT2D eigenvalue weighted by molar-refractivity contribution is -0.114. The molecule has 0 saturated heterocycles. The fourth-order valence-corrected chi connectivity index (χ4v) is 2.09. The van der Waals surface area contributed by atoms with Crippen LogP contribution in [0.4, 0.5) is 23.1 Å². The maximum atomic E-state index is 12.1. The number of carbonyl (C=O) groups is 2. The highest BCUT2D eigenvalue weighted by Gasteiger charge is 2.10. The van der Waals surface area contributed by atoms with Crippen LogP contribution in [0.2, 0.25) is 0 Å². The van der Waals surface area contributed by atoms with Gasteiger partial charge in [-0.05, 0) is 31.2 Å². The molecule has 0 unspecified atom stereocenters. The van der Waals surface area contributed by atoms with Crippen molar-refractivity contribution in [3.8, 4) is 0 Å². The number of hydrogen-bond donors (Lipinski definition) is 3. The van der Waals surface area contributed by atoms with Crippen molar-refractivity contribution in [3.05, 3.63) is 54.0 Å². The summed E-state index contributed by atoms with van der Waals surface area (Å²) in [5.41, 5.74) is 1.73. The molecule has 0 radical (unpaired) electrons. The highest BCUT2D eigenvalue weighted by Crippen LogP contribution is 2.17. The summed E-state index contributed by atoms with van der Waals surface area (Å²) >= 11 is 0. The fourth-order valence-electron chi connectivity index (χ4n) is 2.09. The third-order valence-corrected chi connectivity index (χ3v) is 3.25. The van der Waals surface area contributed by atoms with Crippen LogP contribution in [-0.4, -0.2) is 26.9 Å². The molecule has 132 valence electrons. The summed E-state index contributed by atoms with van der Waals surface area (Å²) < 4.78 is 4.89. The molecule has 0 saturated carbocycles. The summed E-state index contributed by atoms with van der Waals surface area (Å²) in [5, 5.41) is 12.0. The molecular formula is C17H16N6O3. The monoisotopic (exact) mass is 352 g/mol. The number of anilines is 4. The number of benzene rings is 1. The minimum Gasteiger partial charge on any atom is -0.360 e. The zero-order valence-electron chi connectivity index (χ0n) is 14.1. The van der Waals surface area contributed by atoms with Gasteiger partial charge in [0.05, 0.1) is 5.56 Å². The van der Waals surface area contributed by atoms with Crippen LogP contribution in [0.15, 0.2) is 47.2 Å². The molecule has 0 aliphatic heterocycles. The Kier molecular flexibility index (Phi) is 4.88. The van der Waals surface area contributed by atoms with E-state index in [-0.39, 0.29) is 17.4 Å². The Balaban J connectivity index is 1.62. The third-order valence-electron chi connectivity index (χ3n) is 3.25. The first kappa shape index (κ1) is 17.1. The van der Waals surface area contributed by atoms with Gasteiger partial charge in [0.1, 0.15) is 5.76 Å². The maximum Gasteiger partial charge on any atom is 0.260 e. The van der Waals surface area contributed by atoms with Crippen molar-refractivity contribution >= 4 is 35.0 Å². The normalized spacial score (nSPS) is 10.2. The van der Waals surface area contributed by atoms with Gasteiger partial charge in [0.15, 0.2) is 5.82 Å². The molecule has 0 aliphatic rings. The van der Waals surface area contributed by atoms with Gasteiger partial charge in [-0.15, -0.1) is 0 Å². The van der Waals surface area contributed by atoms with E-state index in [0.29, 0.717) is 23.2 Å². The van der Waals surface area contributed by atoms with Crippen LogP contribution >= 0.6 is 0 Å². The highest BCUT2D eigenvalue weighted by atomic mass is 16.5. The lowest BCUT2D eigenvalue weighted by Crippen LogP contribution is -2.13. The maximum absolute atomic E-state index is 12.1. The minimum atomic E-state index is -0.385. The topological polar surface area (TPSA) is 122 Å². The van der Waals surface area contributed by atoms with Crippen LogP contribution in [0.25, 0.3) is 0 Å². The Labute approximate surface area is 148 Å². The lowest BCUT2D eigenvalue weighted by atomic mass is 10.3. The van der Waals surface area contributed by atoms with Crippen LogP contribution < -0.4 is 16.0 Å². The molecule has 9 nitrogen and oxygen atoms in total. The predicted molar refractivity (Wildman–Crippen MR) is 95.3 cm³/mol. The van der Waals surface area contributed by atoms with E-state index in [9.17, 15) is 9.59 Å². The molecule has 26 heavy (non-hydrogen) atoms. The number of hydrogen-bond acceptors (Lipinski definition) is 7. The molecule has 0 fully saturated rings. The summed E-state index contributed by atoms with van der Waals surface area (Å²) in [4.78, 5) is 31.3. The molecule has 0 spiro atoms. The zero-order valence-corrected chi connectivity index (χ0v) is 14.1. The second-order valence-electron chi connectivity index (χ2n) is 5.46. The summed E-state index contributed by atoms with van der Waals surface area (Å²) in [6.45, 7) is 3.18. The average molecular weight is 352 g/mol. The van der Waals surface area contributed by atoms with Crippen LogP contribution in [0.1, 0.15) is 23.0 Å². The molecule has 9 heteroatoms. The molecule has 0 aliphatic carbocycles. The summed E-state index contributed by atoms with van der Waals surface area (Å²) in [7, 11) is 0. The Bertz CT molecular complexity index is 918. The largest absolute Gasteiger partial charge is 0.360 e. The lowest BCUT2D eigenvalue weighted by Gasteiger charge is -2.07. The van der Waals surface area contributed by atoms with E-state index in [2.05, 4.69) is 31.1 Å². The van der Waals surface area contributed by atoms with Crippen molar-refractivity contribution in [2.75, 3.05) is 16.0 Å². The van der Waals surface area contributed by atoms with E-state index in [0.717, 1.165) is 5.69 Å². The molecular weight excluding hydrogens is 336 g/mol. The first-order valence-electron chi connectivity index (χ1n) is 7.71. The van der Waals surface area contributed by atoms with Crippen LogP contribution in [0, 0.1) is 6.92 Å². The number of aromatic nitrogens is 3. The van der Waals surface area contributed by atoms with Crippen molar-refractivity contribution in [1.82, 2.24) is 15.1 Å². The van der Waals surface area contributed by atoms with Crippen LogP contribution in [0.3, 0.4) is 0 Å². The van der Waals surface area contributed by atoms with Gasteiger partial charge >= 0.3 is 0 Å². The Morgan fingerprint density at radius 1 is 1.00 bits per heavy atom. The van der Waals surface area contributed by atoms with E-state index in [1.165, 1.54) is 19.3 Å². The van der Waals surface area contributed by atoms with Crippen LogP contribution in [-0.2, 0) is 4.79 Å². The van der Waals surface area contributed by atoms with Gasteiger partial charge in [-0.3, -0.25) is 9.59 Å². The van der Waals surface area contributed by atoms with Crippen molar-refractivity contribution in [3.63, 3.8) is 0 Å². The van der Waals surface area contributed by atoms with E-state index in [4.69, 9.17) is 4.52 Å². The van der Waals surface area contributed by atoms with Crippen molar-refractivity contribution < 1.29 is 14.1 Å². The zero-order chi connectivity index (χ0) is 18.5. The van der Waals surface area contributed by atoms with Gasteiger partial charge in [0.25, 0.3) is 5.91 Å². The van der Waals surface area contributed by atoms with E-state index in [1.54, 1.807) is 37.3 Å². The van der Waals surface area contributed by atoms with Crippen molar-refractivity contribution in [1.29, 1.82) is 0 Å². The van der Waals surface area contributed by atoms with E-state index < -0.39 is 0 Å². The highest BCUT2D eigenvalue weighted by molar-refractivity contribution is 6.03. The number of carbonyl (C=O) groups excluding carboxylic acids is 2. The standard InChI is InChI=1S/C17H16N6O3/c1-10-7-15(23-26-10)22-16(25)12-8-18-17(19-9-12)21-14-5-3-13(4-6-14)20-11(2)24/h3-9H,1-2H3,(H,20,24)(H,18,19,21)(H,22,23,25). The molecule has 0 atom stereocenters. The number of rotatable bonds is 5. The minimum absolute atomic E-state index is 0.135. The van der Waals surface area contributed by atoms with E-state index in [1.807, 2.05) is 0 Å². The van der Waals surface area contributed by atoms with E-state index >= 15 is 0 Å². The number of nitrogens with zero attached hydrogens (tertiary/aromatic N) is 3. The van der Waals surface area contributed by atoms with Gasteiger partial charge in [-0.25, -0.2) is 9.97 Å². The Morgan fingerprint density at radius 2 is 1.65 bits per heavy atom. The second-order valence-corrected chi connectivity index (χ2v) is 5.46. The second kappa shape index (κ2) is 7.43. The fraction of sp³-hybridized carbons (Fsp3) is 0.118. The SMILES string of the molecule is CC(=O)Nc1ccc(Nc2ncc(C(=O)Nc3cc(C)on3)cn2)cc1. The first-order chi connectivity index (χ1) is 12.5. The van der Waals surface area contributed by atoms with Gasteiger partial charge in [-0.2, -0.15) is 0 Å². The van der Waals surface area contributed by atoms with Crippen molar-refractivity contribution in [2.45, 2.75) is 13.8 Å². The van der Waals surface area contributed by atoms with Gasteiger partial charge < -0.3 is 20.5 Å². The predicted octanol–water partition coefficient (Wildman–Crippen LogP) is 2.73. The van der Waals surface area contributed by atoms with Crippen LogP contribution in [0.5, 0.6) is 0 Å². The molecule has 3 aromatic rings. The smallest absolute Gasteiger partial charge is 0.260 e. The Hall–Kier alpha value is -3.75. The third kappa shape index (κ3) is 4.41. The Morgan fingerprint density at radius 3 is 2.23 bits per heavy atom. The van der Waals surface area contributed by atoms with Crippen molar-refractivity contribution in [2.24, 2.45) is 0 Å². The van der Waals surface area contributed by atoms with Gasteiger partial charge in [-0.1, -0.05) is 5.16 Å². The molecule has 2 aromatic heterocycles. The summed E-state index contributed by atoms with van der Waals surface area (Å²) in [6.07, 6.45) is 2.81. The molecule has 1 aromatic carbocycles. The summed E-state index contributed by atoms with van der Waals surface area (Å²) in [5.74, 6) is 0.744. The molecule has 3 N–H and O–H groups in total. The number of amides is 2. The average Bonchev–Trinajstić information content (AvgIpc) is 3.01. The first-order valence-corrected chi connectivity index (χ1v) is 7.71. The van der Waals surface area contributed by atoms with Gasteiger partial charge in [0, 0.05) is 36.8 Å². The molecule has 2 amide bonds.